The molecule has 2 heterocycles. The molecule has 2 nitrogen and oxygen atoms in total. The second kappa shape index (κ2) is 6.35. The van der Waals surface area contributed by atoms with Gasteiger partial charge in [-0.1, -0.05) is 68.4 Å². The van der Waals surface area contributed by atoms with Crippen LogP contribution < -0.4 is 4.90 Å². The maximum atomic E-state index is 4.53. The number of hydrogen-bond donors (Lipinski definition) is 0. The molecule has 0 amide bonds. The Morgan fingerprint density at radius 2 is 1.32 bits per heavy atom. The van der Waals surface area contributed by atoms with Crippen LogP contribution in [0.4, 0.5) is 17.1 Å². The van der Waals surface area contributed by atoms with E-state index in [0.717, 1.165) is 16.9 Å². The molecule has 0 unspecified atom stereocenters. The van der Waals surface area contributed by atoms with Crippen LogP contribution in [-0.2, 0) is 5.41 Å². The Morgan fingerprint density at radius 1 is 0.679 bits per heavy atom. The molecule has 0 bridgehead atoms. The highest BCUT2D eigenvalue weighted by Crippen LogP contribution is 2.51. The molecule has 0 fully saturated rings. The lowest BCUT2D eigenvalue weighted by atomic mass is 9.73. The third kappa shape index (κ3) is 2.53. The maximum absolute atomic E-state index is 4.53. The standard InChI is InChI=1S/C26H22N2/c1-26(2)21-12-3-5-15-24(21)28(25-16-6-4-13-22(25)26)20-11-9-10-19(18-20)23-14-7-8-17-27-23/h3-18H,1-2H3. The van der Waals surface area contributed by atoms with Crippen LogP contribution in [-0.4, -0.2) is 4.98 Å². The van der Waals surface area contributed by atoms with Crippen LogP contribution in [0.15, 0.2) is 97.2 Å². The van der Waals surface area contributed by atoms with Crippen molar-refractivity contribution in [3.63, 3.8) is 0 Å². The normalized spacial score (nSPS) is 14.3. The van der Waals surface area contributed by atoms with Crippen LogP contribution in [0.1, 0.15) is 25.0 Å². The van der Waals surface area contributed by atoms with Crippen LogP contribution in [0, 0.1) is 0 Å². The zero-order valence-corrected chi connectivity index (χ0v) is 16.1. The molecule has 0 radical (unpaired) electrons. The summed E-state index contributed by atoms with van der Waals surface area (Å²) in [4.78, 5) is 6.91. The van der Waals surface area contributed by atoms with Gasteiger partial charge in [-0.05, 0) is 47.5 Å². The van der Waals surface area contributed by atoms with Crippen molar-refractivity contribution in [1.29, 1.82) is 0 Å². The zero-order chi connectivity index (χ0) is 19.1. The summed E-state index contributed by atoms with van der Waals surface area (Å²) in [5.74, 6) is 0. The van der Waals surface area contributed by atoms with Crippen molar-refractivity contribution in [2.75, 3.05) is 4.90 Å². The second-order valence-electron chi connectivity index (χ2n) is 7.76. The lowest BCUT2D eigenvalue weighted by molar-refractivity contribution is 0.632. The predicted octanol–water partition coefficient (Wildman–Crippen LogP) is 6.86. The topological polar surface area (TPSA) is 16.1 Å². The summed E-state index contributed by atoms with van der Waals surface area (Å²) >= 11 is 0. The van der Waals surface area contributed by atoms with Gasteiger partial charge in [-0.2, -0.15) is 0 Å². The Bertz CT molecular complexity index is 1100. The molecule has 0 atom stereocenters. The fourth-order valence-corrected chi connectivity index (χ4v) is 4.29. The van der Waals surface area contributed by atoms with Crippen LogP contribution in [0.2, 0.25) is 0 Å². The summed E-state index contributed by atoms with van der Waals surface area (Å²) in [7, 11) is 0. The molecule has 5 rings (SSSR count). The van der Waals surface area contributed by atoms with Crippen molar-refractivity contribution < 1.29 is 0 Å². The molecule has 0 aliphatic carbocycles. The first-order valence-corrected chi connectivity index (χ1v) is 9.67. The van der Waals surface area contributed by atoms with Gasteiger partial charge in [-0.3, -0.25) is 4.98 Å². The SMILES string of the molecule is CC1(C)c2ccccc2N(c2cccc(-c3ccccn3)c2)c2ccccc21. The highest BCUT2D eigenvalue weighted by molar-refractivity contribution is 5.86. The molecule has 1 aliphatic heterocycles. The van der Waals surface area contributed by atoms with E-state index in [1.807, 2.05) is 18.3 Å². The second-order valence-corrected chi connectivity index (χ2v) is 7.76. The first-order chi connectivity index (χ1) is 13.7. The molecular formula is C26H22N2. The van der Waals surface area contributed by atoms with E-state index in [4.69, 9.17) is 0 Å². The van der Waals surface area contributed by atoms with Crippen LogP contribution in [0.5, 0.6) is 0 Å². The Labute approximate surface area is 166 Å². The largest absolute Gasteiger partial charge is 0.310 e. The van der Waals surface area contributed by atoms with E-state index in [1.165, 1.54) is 22.5 Å². The maximum Gasteiger partial charge on any atom is 0.0702 e. The van der Waals surface area contributed by atoms with E-state index in [2.05, 4.69) is 103 Å². The van der Waals surface area contributed by atoms with Gasteiger partial charge >= 0.3 is 0 Å². The van der Waals surface area contributed by atoms with E-state index in [9.17, 15) is 0 Å². The molecule has 4 aromatic rings. The Hall–Kier alpha value is -3.39. The third-order valence-electron chi connectivity index (χ3n) is 5.70. The summed E-state index contributed by atoms with van der Waals surface area (Å²) < 4.78 is 0. The lowest BCUT2D eigenvalue weighted by Gasteiger charge is -2.42. The number of rotatable bonds is 2. The minimum absolute atomic E-state index is 0.0394. The summed E-state index contributed by atoms with van der Waals surface area (Å²) in [6.45, 7) is 4.62. The number of nitrogens with zero attached hydrogens (tertiary/aromatic N) is 2. The van der Waals surface area contributed by atoms with Crippen molar-refractivity contribution in [1.82, 2.24) is 4.98 Å². The molecule has 0 spiro atoms. The number of anilines is 3. The minimum atomic E-state index is -0.0394. The third-order valence-corrected chi connectivity index (χ3v) is 5.70. The molecule has 0 N–H and O–H groups in total. The van der Waals surface area contributed by atoms with Gasteiger partial charge in [0.2, 0.25) is 0 Å². The quantitative estimate of drug-likeness (QED) is 0.387. The monoisotopic (exact) mass is 362 g/mol. The summed E-state index contributed by atoms with van der Waals surface area (Å²) in [5, 5.41) is 0. The van der Waals surface area contributed by atoms with Crippen molar-refractivity contribution in [3.05, 3.63) is 108 Å². The van der Waals surface area contributed by atoms with Gasteiger partial charge in [-0.25, -0.2) is 0 Å². The Morgan fingerprint density at radius 3 is 1.96 bits per heavy atom. The van der Waals surface area contributed by atoms with Crippen LogP contribution in [0.3, 0.4) is 0 Å². The van der Waals surface area contributed by atoms with Gasteiger partial charge < -0.3 is 4.90 Å². The van der Waals surface area contributed by atoms with Crippen molar-refractivity contribution in [3.8, 4) is 11.3 Å². The van der Waals surface area contributed by atoms with E-state index in [0.29, 0.717) is 0 Å². The Kier molecular flexibility index (Phi) is 3.80. The first-order valence-electron chi connectivity index (χ1n) is 9.67. The van der Waals surface area contributed by atoms with Gasteiger partial charge in [0.25, 0.3) is 0 Å². The van der Waals surface area contributed by atoms with Crippen molar-refractivity contribution in [2.45, 2.75) is 19.3 Å². The molecule has 1 aliphatic rings. The van der Waals surface area contributed by atoms with E-state index in [-0.39, 0.29) is 5.41 Å². The molecule has 136 valence electrons. The van der Waals surface area contributed by atoms with Crippen molar-refractivity contribution in [2.24, 2.45) is 0 Å². The van der Waals surface area contributed by atoms with Gasteiger partial charge in [0.1, 0.15) is 0 Å². The fourth-order valence-electron chi connectivity index (χ4n) is 4.29. The number of pyridine rings is 1. The Balaban J connectivity index is 1.74. The molecule has 1 aromatic heterocycles. The first kappa shape index (κ1) is 16.8. The summed E-state index contributed by atoms with van der Waals surface area (Å²) in [6.07, 6.45) is 1.84. The highest BCUT2D eigenvalue weighted by atomic mass is 15.2. The summed E-state index contributed by atoms with van der Waals surface area (Å²) in [5.41, 5.74) is 8.39. The number of para-hydroxylation sites is 2. The molecule has 3 aromatic carbocycles. The lowest BCUT2D eigenvalue weighted by Crippen LogP contribution is -2.30. The van der Waals surface area contributed by atoms with Gasteiger partial charge in [0, 0.05) is 22.9 Å². The highest BCUT2D eigenvalue weighted by Gasteiger charge is 2.36. The van der Waals surface area contributed by atoms with E-state index >= 15 is 0 Å². The number of hydrogen-bond acceptors (Lipinski definition) is 2. The van der Waals surface area contributed by atoms with Gasteiger partial charge in [-0.15, -0.1) is 0 Å². The molecular weight excluding hydrogens is 340 g/mol. The van der Waals surface area contributed by atoms with Gasteiger partial charge in [0.05, 0.1) is 17.1 Å². The predicted molar refractivity (Wildman–Crippen MR) is 116 cm³/mol. The number of fused-ring (bicyclic) bond motifs is 2. The number of aromatic nitrogens is 1. The number of benzene rings is 3. The average Bonchev–Trinajstić information content (AvgIpc) is 2.75. The fraction of sp³-hybridized carbons (Fsp3) is 0.115. The van der Waals surface area contributed by atoms with Crippen LogP contribution >= 0.6 is 0 Å². The zero-order valence-electron chi connectivity index (χ0n) is 16.1. The molecule has 2 heteroatoms. The van der Waals surface area contributed by atoms with E-state index in [1.54, 1.807) is 0 Å². The minimum Gasteiger partial charge on any atom is -0.310 e. The molecule has 0 saturated heterocycles. The van der Waals surface area contributed by atoms with E-state index < -0.39 is 0 Å². The molecule has 0 saturated carbocycles. The van der Waals surface area contributed by atoms with Crippen LogP contribution in [0.25, 0.3) is 11.3 Å². The average molecular weight is 362 g/mol. The summed E-state index contributed by atoms with van der Waals surface area (Å²) in [6, 6.07) is 32.2. The molecule has 28 heavy (non-hydrogen) atoms. The van der Waals surface area contributed by atoms with Gasteiger partial charge in [0.15, 0.2) is 0 Å². The van der Waals surface area contributed by atoms with Crippen molar-refractivity contribution >= 4 is 17.1 Å². The smallest absolute Gasteiger partial charge is 0.0702 e.